The molecule has 2 saturated heterocycles. The van der Waals surface area contributed by atoms with Gasteiger partial charge < -0.3 is 9.88 Å². The Morgan fingerprint density at radius 3 is 2.68 bits per heavy atom. The third-order valence-electron chi connectivity index (χ3n) is 5.07. The average Bonchev–Trinajstić information content (AvgIpc) is 3.00. The van der Waals surface area contributed by atoms with Gasteiger partial charge in [-0.25, -0.2) is 8.42 Å². The van der Waals surface area contributed by atoms with E-state index < -0.39 is 9.84 Å². The van der Waals surface area contributed by atoms with Crippen LogP contribution in [-0.2, 0) is 9.84 Å². The van der Waals surface area contributed by atoms with Gasteiger partial charge in [0.25, 0.3) is 5.91 Å². The topological polar surface area (TPSA) is 73.5 Å². The molecule has 22 heavy (non-hydrogen) atoms. The molecule has 1 amide bonds. The highest BCUT2D eigenvalue weighted by Gasteiger charge is 2.48. The van der Waals surface area contributed by atoms with Crippen LogP contribution in [0.2, 0.25) is 0 Å². The summed E-state index contributed by atoms with van der Waals surface area (Å²) in [6.45, 7) is 2.38. The van der Waals surface area contributed by atoms with Crippen LogP contribution in [0.25, 0.3) is 0 Å². The number of aromatic nitrogens is 1. The number of nitrogens with one attached hydrogen (secondary N) is 1. The maximum absolute atomic E-state index is 12.6. The van der Waals surface area contributed by atoms with E-state index in [1.165, 1.54) is 12.8 Å². The molecule has 0 bridgehead atoms. The number of sulfone groups is 1. The molecule has 0 aromatic carbocycles. The third kappa shape index (κ3) is 2.56. The van der Waals surface area contributed by atoms with Crippen molar-refractivity contribution in [1.29, 1.82) is 0 Å². The van der Waals surface area contributed by atoms with Crippen molar-refractivity contribution in [2.75, 3.05) is 31.1 Å². The van der Waals surface area contributed by atoms with Crippen LogP contribution in [0.3, 0.4) is 0 Å². The van der Waals surface area contributed by atoms with Crippen molar-refractivity contribution in [3.05, 3.63) is 24.0 Å². The van der Waals surface area contributed by atoms with Crippen molar-refractivity contribution in [3.63, 3.8) is 0 Å². The Morgan fingerprint density at radius 1 is 1.23 bits per heavy atom. The van der Waals surface area contributed by atoms with Crippen LogP contribution >= 0.6 is 0 Å². The zero-order valence-electron chi connectivity index (χ0n) is 12.4. The minimum absolute atomic E-state index is 0.0294. The van der Waals surface area contributed by atoms with Crippen LogP contribution in [0, 0.1) is 5.92 Å². The van der Waals surface area contributed by atoms with Gasteiger partial charge in [-0.1, -0.05) is 0 Å². The third-order valence-corrected chi connectivity index (χ3v) is 6.77. The summed E-state index contributed by atoms with van der Waals surface area (Å²) >= 11 is 0. The van der Waals surface area contributed by atoms with E-state index in [2.05, 4.69) is 9.88 Å². The number of carbonyl (C=O) groups excluding carboxylic acids is 1. The molecule has 3 fully saturated rings. The first kappa shape index (κ1) is 14.3. The summed E-state index contributed by atoms with van der Waals surface area (Å²) in [4.78, 5) is 19.7. The number of hydrogen-bond acceptors (Lipinski definition) is 4. The molecule has 1 aliphatic carbocycles. The van der Waals surface area contributed by atoms with E-state index in [-0.39, 0.29) is 29.5 Å². The van der Waals surface area contributed by atoms with E-state index in [1.54, 1.807) is 23.2 Å². The Morgan fingerprint density at radius 2 is 2.00 bits per heavy atom. The van der Waals surface area contributed by atoms with Crippen molar-refractivity contribution in [2.45, 2.75) is 24.9 Å². The molecule has 2 aliphatic heterocycles. The molecular weight excluding hydrogens is 302 g/mol. The van der Waals surface area contributed by atoms with E-state index in [9.17, 15) is 13.2 Å². The summed E-state index contributed by atoms with van der Waals surface area (Å²) in [5, 5.41) is 0. The van der Waals surface area contributed by atoms with Crippen LogP contribution in [0.5, 0.6) is 0 Å². The van der Waals surface area contributed by atoms with Crippen LogP contribution < -0.4 is 0 Å². The first-order chi connectivity index (χ1) is 10.5. The van der Waals surface area contributed by atoms with Crippen molar-refractivity contribution < 1.29 is 13.2 Å². The lowest BCUT2D eigenvalue weighted by molar-refractivity contribution is 0.0314. The summed E-state index contributed by atoms with van der Waals surface area (Å²) < 4.78 is 24.3. The highest BCUT2D eigenvalue weighted by atomic mass is 32.2. The van der Waals surface area contributed by atoms with Gasteiger partial charge >= 0.3 is 0 Å². The molecule has 7 heteroatoms. The predicted octanol–water partition coefficient (Wildman–Crippen LogP) is 0.348. The van der Waals surface area contributed by atoms with Gasteiger partial charge in [-0.2, -0.15) is 0 Å². The van der Waals surface area contributed by atoms with Crippen LogP contribution in [0.15, 0.2) is 18.3 Å². The fourth-order valence-corrected chi connectivity index (χ4v) is 5.77. The lowest BCUT2D eigenvalue weighted by Gasteiger charge is -2.43. The molecule has 1 N–H and O–H groups in total. The van der Waals surface area contributed by atoms with Crippen molar-refractivity contribution in [3.8, 4) is 0 Å². The molecule has 4 rings (SSSR count). The Hall–Kier alpha value is -1.34. The summed E-state index contributed by atoms with van der Waals surface area (Å²) in [6, 6.07) is 3.31. The summed E-state index contributed by atoms with van der Waals surface area (Å²) in [6.07, 6.45) is 4.23. The van der Waals surface area contributed by atoms with Gasteiger partial charge in [0.2, 0.25) is 0 Å². The minimum atomic E-state index is -3.06. The zero-order chi connectivity index (χ0) is 15.3. The van der Waals surface area contributed by atoms with E-state index in [0.29, 0.717) is 12.2 Å². The highest BCUT2D eigenvalue weighted by molar-refractivity contribution is 7.91. The van der Waals surface area contributed by atoms with Gasteiger partial charge in [-0.05, 0) is 30.9 Å². The Labute approximate surface area is 130 Å². The number of H-pyrrole nitrogens is 1. The molecule has 2 atom stereocenters. The zero-order valence-corrected chi connectivity index (χ0v) is 13.3. The number of fused-ring (bicyclic) bond motifs is 1. The highest BCUT2D eigenvalue weighted by Crippen LogP contribution is 2.34. The molecule has 0 spiro atoms. The van der Waals surface area contributed by atoms with Gasteiger partial charge in [-0.3, -0.25) is 9.69 Å². The standard InChI is InChI=1S/C15H21N3O3S/c19-15(12-2-1-5-16-12)18-7-6-17(8-11-3-4-11)13-9-22(20,21)10-14(13)18/h1-2,5,11,13-14,16H,3-4,6-10H2/t13-,14+/m1/s1. The average molecular weight is 323 g/mol. The molecule has 1 aromatic rings. The second-order valence-corrected chi connectivity index (χ2v) is 8.89. The molecular formula is C15H21N3O3S. The minimum Gasteiger partial charge on any atom is -0.357 e. The molecule has 1 aromatic heterocycles. The fourth-order valence-electron chi connectivity index (χ4n) is 3.75. The Balaban J connectivity index is 1.58. The van der Waals surface area contributed by atoms with Crippen molar-refractivity contribution >= 4 is 15.7 Å². The van der Waals surface area contributed by atoms with E-state index in [4.69, 9.17) is 0 Å². The molecule has 6 nitrogen and oxygen atoms in total. The van der Waals surface area contributed by atoms with Gasteiger partial charge in [0.1, 0.15) is 5.69 Å². The number of piperazine rings is 1. The van der Waals surface area contributed by atoms with E-state index >= 15 is 0 Å². The summed E-state index contributed by atoms with van der Waals surface area (Å²) in [5.74, 6) is 0.947. The predicted molar refractivity (Wildman–Crippen MR) is 82.4 cm³/mol. The molecule has 0 radical (unpaired) electrons. The first-order valence-electron chi connectivity index (χ1n) is 7.92. The lowest BCUT2D eigenvalue weighted by Crippen LogP contribution is -2.60. The number of nitrogens with zero attached hydrogens (tertiary/aromatic N) is 2. The fraction of sp³-hybridized carbons (Fsp3) is 0.667. The van der Waals surface area contributed by atoms with Gasteiger partial charge in [0.15, 0.2) is 9.84 Å². The maximum Gasteiger partial charge on any atom is 0.270 e. The van der Waals surface area contributed by atoms with Crippen LogP contribution in [-0.4, -0.2) is 72.3 Å². The Kier molecular flexibility index (Phi) is 3.30. The monoisotopic (exact) mass is 323 g/mol. The summed E-state index contributed by atoms with van der Waals surface area (Å²) in [7, 11) is -3.06. The van der Waals surface area contributed by atoms with Gasteiger partial charge in [0, 0.05) is 31.9 Å². The molecule has 3 heterocycles. The summed E-state index contributed by atoms with van der Waals surface area (Å²) in [5.41, 5.74) is 0.540. The first-order valence-corrected chi connectivity index (χ1v) is 9.74. The van der Waals surface area contributed by atoms with Gasteiger partial charge in [0.05, 0.1) is 17.5 Å². The second kappa shape index (κ2) is 5.09. The largest absolute Gasteiger partial charge is 0.357 e. The number of hydrogen-bond donors (Lipinski definition) is 1. The second-order valence-electron chi connectivity index (χ2n) is 6.73. The van der Waals surface area contributed by atoms with Gasteiger partial charge in [-0.15, -0.1) is 0 Å². The number of rotatable bonds is 3. The smallest absolute Gasteiger partial charge is 0.270 e. The van der Waals surface area contributed by atoms with E-state index in [0.717, 1.165) is 19.0 Å². The molecule has 120 valence electrons. The quantitative estimate of drug-likeness (QED) is 0.871. The van der Waals surface area contributed by atoms with Crippen LogP contribution in [0.4, 0.5) is 0 Å². The lowest BCUT2D eigenvalue weighted by atomic mass is 10.0. The number of carbonyl (C=O) groups is 1. The molecule has 3 aliphatic rings. The molecule has 0 unspecified atom stereocenters. The Bertz CT molecular complexity index is 666. The number of amides is 1. The maximum atomic E-state index is 12.6. The van der Waals surface area contributed by atoms with Crippen LogP contribution in [0.1, 0.15) is 23.3 Å². The van der Waals surface area contributed by atoms with Crippen molar-refractivity contribution in [1.82, 2.24) is 14.8 Å². The normalized spacial score (nSPS) is 31.2. The van der Waals surface area contributed by atoms with Crippen molar-refractivity contribution in [2.24, 2.45) is 5.92 Å². The SMILES string of the molecule is O=C(c1ccc[nH]1)N1CCN(CC2CC2)[C@@H]2CS(=O)(=O)C[C@@H]21. The number of aromatic amines is 1. The molecule has 1 saturated carbocycles. The van der Waals surface area contributed by atoms with E-state index in [1.807, 2.05) is 0 Å².